The third kappa shape index (κ3) is 6.52. The van der Waals surface area contributed by atoms with Crippen LogP contribution < -0.4 is 10.2 Å². The quantitative estimate of drug-likeness (QED) is 0.201. The summed E-state index contributed by atoms with van der Waals surface area (Å²) < 4.78 is 7.03. The standard InChI is InChI=1S/C25H31N5O3S2/c1-6-14-30-22(18-10-12-19(13-11-18)29(7-2)8-3)27-28-25(30)34-16-21(31)26-23-20(15-17(5)35-23)24(32)33-9-4/h6,10-13,15H,1,7-9,14,16H2,2-5H3,(H,26,31). The summed E-state index contributed by atoms with van der Waals surface area (Å²) in [7, 11) is 0. The van der Waals surface area contributed by atoms with Crippen LogP contribution in [0.2, 0.25) is 0 Å². The number of amides is 1. The Labute approximate surface area is 214 Å². The summed E-state index contributed by atoms with van der Waals surface area (Å²) in [5.74, 6) is 0.162. The molecule has 2 heterocycles. The van der Waals surface area contributed by atoms with Gasteiger partial charge in [0.2, 0.25) is 5.91 Å². The molecular weight excluding hydrogens is 482 g/mol. The zero-order valence-electron chi connectivity index (χ0n) is 20.5. The molecule has 0 unspecified atom stereocenters. The van der Waals surface area contributed by atoms with E-state index in [9.17, 15) is 9.59 Å². The van der Waals surface area contributed by atoms with E-state index in [0.717, 1.165) is 35.0 Å². The number of aromatic nitrogens is 3. The molecule has 2 aromatic heterocycles. The molecule has 0 aliphatic heterocycles. The summed E-state index contributed by atoms with van der Waals surface area (Å²) >= 11 is 2.63. The van der Waals surface area contributed by atoms with E-state index in [-0.39, 0.29) is 18.3 Å². The van der Waals surface area contributed by atoms with Crippen molar-refractivity contribution in [2.24, 2.45) is 0 Å². The monoisotopic (exact) mass is 513 g/mol. The first-order chi connectivity index (χ1) is 16.9. The largest absolute Gasteiger partial charge is 0.462 e. The Morgan fingerprint density at radius 3 is 2.54 bits per heavy atom. The summed E-state index contributed by atoms with van der Waals surface area (Å²) in [6.07, 6.45) is 1.78. The number of rotatable bonds is 12. The smallest absolute Gasteiger partial charge is 0.341 e. The zero-order valence-corrected chi connectivity index (χ0v) is 22.2. The van der Waals surface area contributed by atoms with E-state index in [4.69, 9.17) is 4.74 Å². The van der Waals surface area contributed by atoms with Crippen molar-refractivity contribution in [1.82, 2.24) is 14.8 Å². The van der Waals surface area contributed by atoms with Gasteiger partial charge in [-0.15, -0.1) is 28.1 Å². The number of anilines is 2. The zero-order chi connectivity index (χ0) is 25.4. The Morgan fingerprint density at radius 1 is 1.20 bits per heavy atom. The van der Waals surface area contributed by atoms with Gasteiger partial charge in [-0.1, -0.05) is 17.8 Å². The predicted octanol–water partition coefficient (Wildman–Crippen LogP) is 5.25. The van der Waals surface area contributed by atoms with Crippen LogP contribution in [0.3, 0.4) is 0 Å². The number of aryl methyl sites for hydroxylation is 1. The second-order valence-corrected chi connectivity index (χ2v) is 9.78. The second-order valence-electron chi connectivity index (χ2n) is 7.58. The highest BCUT2D eigenvalue weighted by Crippen LogP contribution is 2.30. The number of carbonyl (C=O) groups is 2. The van der Waals surface area contributed by atoms with Gasteiger partial charge in [-0.05, 0) is 58.0 Å². The van der Waals surface area contributed by atoms with E-state index in [1.54, 1.807) is 19.1 Å². The number of nitrogens with one attached hydrogen (secondary N) is 1. The lowest BCUT2D eigenvalue weighted by Crippen LogP contribution is -2.21. The number of thioether (sulfide) groups is 1. The van der Waals surface area contributed by atoms with E-state index in [1.165, 1.54) is 23.1 Å². The maximum Gasteiger partial charge on any atom is 0.341 e. The number of benzene rings is 1. The fraction of sp³-hybridized carbons (Fsp3) is 0.360. The van der Waals surface area contributed by atoms with Gasteiger partial charge < -0.3 is 15.0 Å². The lowest BCUT2D eigenvalue weighted by atomic mass is 10.2. The maximum absolute atomic E-state index is 12.7. The van der Waals surface area contributed by atoms with Crippen LogP contribution in [0.4, 0.5) is 10.7 Å². The molecule has 1 aromatic carbocycles. The van der Waals surface area contributed by atoms with Crippen molar-refractivity contribution in [1.29, 1.82) is 0 Å². The van der Waals surface area contributed by atoms with E-state index < -0.39 is 5.97 Å². The van der Waals surface area contributed by atoms with Crippen LogP contribution in [-0.2, 0) is 16.1 Å². The minimum Gasteiger partial charge on any atom is -0.462 e. The highest BCUT2D eigenvalue weighted by atomic mass is 32.2. The van der Waals surface area contributed by atoms with Gasteiger partial charge in [0.15, 0.2) is 11.0 Å². The molecule has 0 bridgehead atoms. The number of hydrogen-bond donors (Lipinski definition) is 1. The van der Waals surface area contributed by atoms with E-state index >= 15 is 0 Å². The van der Waals surface area contributed by atoms with Crippen LogP contribution in [0.15, 0.2) is 48.1 Å². The van der Waals surface area contributed by atoms with Crippen molar-refractivity contribution < 1.29 is 14.3 Å². The molecule has 1 amide bonds. The van der Waals surface area contributed by atoms with Crippen LogP contribution in [0.25, 0.3) is 11.4 Å². The SMILES string of the molecule is C=CCn1c(SCC(=O)Nc2sc(C)cc2C(=O)OCC)nnc1-c1ccc(N(CC)CC)cc1. The molecule has 10 heteroatoms. The average molecular weight is 514 g/mol. The highest BCUT2D eigenvalue weighted by molar-refractivity contribution is 7.99. The average Bonchev–Trinajstić information content (AvgIpc) is 3.42. The van der Waals surface area contributed by atoms with E-state index in [1.807, 2.05) is 23.6 Å². The normalized spacial score (nSPS) is 10.7. The maximum atomic E-state index is 12.7. The van der Waals surface area contributed by atoms with Crippen molar-refractivity contribution in [2.45, 2.75) is 39.4 Å². The summed E-state index contributed by atoms with van der Waals surface area (Å²) in [5.41, 5.74) is 2.48. The van der Waals surface area contributed by atoms with Gasteiger partial charge in [-0.2, -0.15) is 0 Å². The Morgan fingerprint density at radius 2 is 1.91 bits per heavy atom. The van der Waals surface area contributed by atoms with Gasteiger partial charge in [-0.3, -0.25) is 9.36 Å². The van der Waals surface area contributed by atoms with E-state index in [0.29, 0.717) is 22.3 Å². The molecule has 1 N–H and O–H groups in total. The van der Waals surface area contributed by atoms with Crippen LogP contribution in [0.5, 0.6) is 0 Å². The summed E-state index contributed by atoms with van der Waals surface area (Å²) in [4.78, 5) is 28.0. The van der Waals surface area contributed by atoms with E-state index in [2.05, 4.69) is 53.0 Å². The Bertz CT molecular complexity index is 1170. The number of esters is 1. The number of thiophene rings is 1. The van der Waals surface area contributed by atoms with Crippen molar-refractivity contribution in [3.05, 3.63) is 53.4 Å². The van der Waals surface area contributed by atoms with Crippen LogP contribution in [-0.4, -0.2) is 52.1 Å². The van der Waals surface area contributed by atoms with Crippen molar-refractivity contribution in [2.75, 3.05) is 35.7 Å². The van der Waals surface area contributed by atoms with Crippen molar-refractivity contribution >= 4 is 45.7 Å². The first-order valence-corrected chi connectivity index (χ1v) is 13.3. The van der Waals surface area contributed by atoms with Crippen LogP contribution >= 0.6 is 23.1 Å². The first-order valence-electron chi connectivity index (χ1n) is 11.5. The molecule has 35 heavy (non-hydrogen) atoms. The molecule has 3 aromatic rings. The van der Waals surface area contributed by atoms with Crippen molar-refractivity contribution in [3.63, 3.8) is 0 Å². The van der Waals surface area contributed by atoms with Gasteiger partial charge in [0.25, 0.3) is 0 Å². The third-order valence-electron chi connectivity index (χ3n) is 5.22. The topological polar surface area (TPSA) is 89.3 Å². The molecule has 0 aliphatic rings. The minimum atomic E-state index is -0.442. The minimum absolute atomic E-state index is 0.120. The summed E-state index contributed by atoms with van der Waals surface area (Å²) in [6, 6.07) is 9.96. The molecule has 0 saturated carbocycles. The van der Waals surface area contributed by atoms with Gasteiger partial charge >= 0.3 is 5.97 Å². The van der Waals surface area contributed by atoms with Crippen LogP contribution in [0, 0.1) is 6.92 Å². The fourth-order valence-electron chi connectivity index (χ4n) is 3.57. The van der Waals surface area contributed by atoms with Gasteiger partial charge in [0, 0.05) is 35.8 Å². The summed E-state index contributed by atoms with van der Waals surface area (Å²) in [5, 5.41) is 12.7. The number of ether oxygens (including phenoxy) is 1. The number of allylic oxidation sites excluding steroid dienone is 1. The molecule has 3 rings (SSSR count). The Hall–Kier alpha value is -3.11. The number of nitrogens with zero attached hydrogens (tertiary/aromatic N) is 4. The molecule has 0 atom stereocenters. The molecular formula is C25H31N5O3S2. The highest BCUT2D eigenvalue weighted by Gasteiger charge is 2.19. The van der Waals surface area contributed by atoms with Gasteiger partial charge in [0.1, 0.15) is 5.00 Å². The molecule has 0 spiro atoms. The summed E-state index contributed by atoms with van der Waals surface area (Å²) in [6.45, 7) is 14.4. The molecule has 0 aliphatic carbocycles. The predicted molar refractivity (Wildman–Crippen MR) is 144 cm³/mol. The Kier molecular flexibility index (Phi) is 9.50. The fourth-order valence-corrected chi connectivity index (χ4v) is 5.24. The molecule has 0 saturated heterocycles. The van der Waals surface area contributed by atoms with Crippen molar-refractivity contribution in [3.8, 4) is 11.4 Å². The molecule has 0 radical (unpaired) electrons. The lowest BCUT2D eigenvalue weighted by Gasteiger charge is -2.21. The molecule has 0 fully saturated rings. The number of carbonyl (C=O) groups excluding carboxylic acids is 2. The van der Waals surface area contributed by atoms with Gasteiger partial charge in [0.05, 0.1) is 17.9 Å². The first kappa shape index (κ1) is 26.5. The molecule has 186 valence electrons. The van der Waals surface area contributed by atoms with Crippen LogP contribution in [0.1, 0.15) is 36.0 Å². The lowest BCUT2D eigenvalue weighted by molar-refractivity contribution is -0.113. The second kappa shape index (κ2) is 12.6. The van der Waals surface area contributed by atoms with Gasteiger partial charge in [-0.25, -0.2) is 4.79 Å². The number of hydrogen-bond acceptors (Lipinski definition) is 8. The third-order valence-corrected chi connectivity index (χ3v) is 7.15. The Balaban J connectivity index is 1.72. The molecule has 8 nitrogen and oxygen atoms in total.